The molecule has 1 saturated heterocycles. The fourth-order valence-electron chi connectivity index (χ4n) is 3.21. The van der Waals surface area contributed by atoms with E-state index in [0.717, 1.165) is 59.7 Å². The predicted octanol–water partition coefficient (Wildman–Crippen LogP) is 1.75. The Kier molecular flexibility index (Phi) is 8.14. The first-order valence-electron chi connectivity index (χ1n) is 9.69. The molecule has 1 aliphatic rings. The van der Waals surface area contributed by atoms with Crippen molar-refractivity contribution in [2.24, 2.45) is 11.7 Å². The van der Waals surface area contributed by atoms with Crippen molar-refractivity contribution in [1.82, 2.24) is 10.6 Å². The average Bonchev–Trinajstić information content (AvgIpc) is 2.66. The van der Waals surface area contributed by atoms with Crippen LogP contribution in [0.4, 0.5) is 5.69 Å². The second-order valence-corrected chi connectivity index (χ2v) is 7.31. The van der Waals surface area contributed by atoms with Crippen LogP contribution in [0, 0.1) is 11.3 Å². The molecule has 0 saturated carbocycles. The second kappa shape index (κ2) is 10.6. The minimum absolute atomic E-state index is 0.420. The molecule has 0 unspecified atom stereocenters. The molecule has 27 heavy (non-hydrogen) atoms. The summed E-state index contributed by atoms with van der Waals surface area (Å²) in [4.78, 5) is 0. The average molecular weight is 368 g/mol. The highest BCUT2D eigenvalue weighted by Gasteiger charge is 2.14. The lowest BCUT2D eigenvalue weighted by Crippen LogP contribution is -2.38. The fraction of sp³-hybridized carbons (Fsp3) is 0.409. The van der Waals surface area contributed by atoms with Gasteiger partial charge in [0.2, 0.25) is 0 Å². The quantitative estimate of drug-likeness (QED) is 0.453. The molecule has 0 radical (unpaired) electrons. The summed E-state index contributed by atoms with van der Waals surface area (Å²) < 4.78 is 0. The van der Waals surface area contributed by atoms with Gasteiger partial charge >= 0.3 is 0 Å². The maximum atomic E-state index is 7.85. The molecule has 1 heterocycles. The first kappa shape index (κ1) is 20.8. The van der Waals surface area contributed by atoms with Gasteiger partial charge in [-0.25, -0.2) is 0 Å². The number of nitrogens with two attached hydrogens (primary N) is 1. The van der Waals surface area contributed by atoms with Gasteiger partial charge in [0.1, 0.15) is 0 Å². The molecule has 6 N–H and O–H groups in total. The van der Waals surface area contributed by atoms with E-state index >= 15 is 0 Å². The Morgan fingerprint density at radius 2 is 2.11 bits per heavy atom. The minimum Gasteiger partial charge on any atom is -0.404 e. The standard InChI is InChI=1S/C22H33N5/c1-4-5-17-10-18(19(12-23)15-26-14-16(2)3)11-22(21(17)13-24)27-20-6-8-25-9-7-20/h4-5,10-13,15-16,20,23,25-27H,1,6-9,14,24H2,2-3H3/b17-5-,19-15+,21-13+,23-12?. The van der Waals surface area contributed by atoms with Crippen molar-refractivity contribution in [3.8, 4) is 0 Å². The smallest absolute Gasteiger partial charge is 0.0442 e. The summed E-state index contributed by atoms with van der Waals surface area (Å²) in [6.45, 7) is 11.1. The van der Waals surface area contributed by atoms with Crippen molar-refractivity contribution in [1.29, 1.82) is 5.41 Å². The third kappa shape index (κ3) is 6.00. The van der Waals surface area contributed by atoms with Crippen LogP contribution in [0.15, 0.2) is 31.0 Å². The monoisotopic (exact) mass is 367 g/mol. The van der Waals surface area contributed by atoms with Crippen LogP contribution in [0.2, 0.25) is 0 Å². The van der Waals surface area contributed by atoms with E-state index in [4.69, 9.17) is 11.1 Å². The van der Waals surface area contributed by atoms with Crippen LogP contribution < -0.4 is 32.1 Å². The number of piperidine rings is 1. The predicted molar refractivity (Wildman–Crippen MR) is 118 cm³/mol. The van der Waals surface area contributed by atoms with E-state index < -0.39 is 0 Å². The van der Waals surface area contributed by atoms with E-state index in [9.17, 15) is 0 Å². The van der Waals surface area contributed by atoms with Crippen LogP contribution in [-0.2, 0) is 0 Å². The van der Waals surface area contributed by atoms with Crippen LogP contribution in [0.1, 0.15) is 32.3 Å². The molecule has 0 aromatic heterocycles. The van der Waals surface area contributed by atoms with E-state index in [-0.39, 0.29) is 0 Å². The summed E-state index contributed by atoms with van der Waals surface area (Å²) in [6, 6.07) is 4.57. The first-order chi connectivity index (χ1) is 13.1. The molecular weight excluding hydrogens is 334 g/mol. The maximum absolute atomic E-state index is 7.85. The normalized spacial score (nSPS) is 17.2. The molecule has 0 atom stereocenters. The topological polar surface area (TPSA) is 86.0 Å². The lowest BCUT2D eigenvalue weighted by atomic mass is 10.0. The Hall–Kier alpha value is -2.53. The molecule has 5 heteroatoms. The molecule has 1 aromatic rings. The van der Waals surface area contributed by atoms with Gasteiger partial charge in [0, 0.05) is 47.7 Å². The summed E-state index contributed by atoms with van der Waals surface area (Å²) in [5.74, 6) is 0.546. The Morgan fingerprint density at radius 1 is 1.37 bits per heavy atom. The summed E-state index contributed by atoms with van der Waals surface area (Å²) >= 11 is 0. The van der Waals surface area contributed by atoms with Crippen LogP contribution in [-0.4, -0.2) is 31.9 Å². The number of hydrogen-bond acceptors (Lipinski definition) is 5. The van der Waals surface area contributed by atoms with Gasteiger partial charge in [-0.2, -0.15) is 0 Å². The fourth-order valence-corrected chi connectivity index (χ4v) is 3.21. The van der Waals surface area contributed by atoms with Gasteiger partial charge in [-0.1, -0.05) is 32.6 Å². The highest BCUT2D eigenvalue weighted by atomic mass is 15.0. The van der Waals surface area contributed by atoms with E-state index in [1.807, 2.05) is 12.3 Å². The minimum atomic E-state index is 0.420. The van der Waals surface area contributed by atoms with Crippen molar-refractivity contribution in [2.75, 3.05) is 25.0 Å². The van der Waals surface area contributed by atoms with Crippen LogP contribution in [0.25, 0.3) is 17.8 Å². The third-order valence-corrected chi connectivity index (χ3v) is 4.65. The molecule has 0 spiro atoms. The second-order valence-electron chi connectivity index (χ2n) is 7.31. The van der Waals surface area contributed by atoms with Crippen molar-refractivity contribution < 1.29 is 0 Å². The number of benzene rings is 1. The summed E-state index contributed by atoms with van der Waals surface area (Å²) in [5.41, 5.74) is 8.78. The molecule has 5 nitrogen and oxygen atoms in total. The zero-order valence-electron chi connectivity index (χ0n) is 16.5. The number of anilines is 1. The SMILES string of the molecule is C=C/C=c1/cc(/C(C=N)=C/NCC(C)C)cc(NC2CCNCC2)/c1=C/N. The van der Waals surface area contributed by atoms with Crippen molar-refractivity contribution in [3.63, 3.8) is 0 Å². The lowest BCUT2D eigenvalue weighted by molar-refractivity contribution is 0.479. The summed E-state index contributed by atoms with van der Waals surface area (Å²) in [6.07, 6.45) is 10.8. The van der Waals surface area contributed by atoms with Gasteiger partial charge in [-0.3, -0.25) is 0 Å². The van der Waals surface area contributed by atoms with Gasteiger partial charge in [0.05, 0.1) is 0 Å². The van der Waals surface area contributed by atoms with Gasteiger partial charge in [0.25, 0.3) is 0 Å². The Morgan fingerprint density at radius 3 is 2.70 bits per heavy atom. The zero-order chi connectivity index (χ0) is 19.6. The number of nitrogens with one attached hydrogen (secondary N) is 4. The Bertz CT molecular complexity index is 786. The Labute approximate surface area is 162 Å². The molecule has 2 rings (SSSR count). The molecule has 1 fully saturated rings. The summed E-state index contributed by atoms with van der Waals surface area (Å²) in [5, 5.41) is 20.2. The van der Waals surface area contributed by atoms with E-state index in [0.29, 0.717) is 12.0 Å². The third-order valence-electron chi connectivity index (χ3n) is 4.65. The zero-order valence-corrected chi connectivity index (χ0v) is 16.5. The largest absolute Gasteiger partial charge is 0.404 e. The molecule has 146 valence electrons. The number of hydrogen-bond donors (Lipinski definition) is 5. The first-order valence-corrected chi connectivity index (χ1v) is 9.69. The molecule has 0 bridgehead atoms. The maximum Gasteiger partial charge on any atom is 0.0442 e. The number of rotatable bonds is 8. The van der Waals surface area contributed by atoms with Gasteiger partial charge < -0.3 is 27.1 Å². The highest BCUT2D eigenvalue weighted by molar-refractivity contribution is 6.08. The van der Waals surface area contributed by atoms with E-state index in [1.54, 1.807) is 12.3 Å². The van der Waals surface area contributed by atoms with E-state index in [2.05, 4.69) is 48.5 Å². The number of allylic oxidation sites excluding steroid dienone is 2. The molecule has 0 aliphatic carbocycles. The Balaban J connectivity index is 2.46. The molecule has 1 aromatic carbocycles. The highest BCUT2D eigenvalue weighted by Crippen LogP contribution is 2.15. The van der Waals surface area contributed by atoms with Crippen molar-refractivity contribution in [2.45, 2.75) is 32.7 Å². The van der Waals surface area contributed by atoms with Crippen LogP contribution in [0.3, 0.4) is 0 Å². The molecule has 1 aliphatic heterocycles. The summed E-state index contributed by atoms with van der Waals surface area (Å²) in [7, 11) is 0. The lowest BCUT2D eigenvalue weighted by Gasteiger charge is -2.25. The van der Waals surface area contributed by atoms with Crippen LogP contribution in [0.5, 0.6) is 0 Å². The molecule has 0 amide bonds. The van der Waals surface area contributed by atoms with Gasteiger partial charge in [-0.05, 0) is 54.8 Å². The van der Waals surface area contributed by atoms with Crippen molar-refractivity contribution >= 4 is 29.8 Å². The van der Waals surface area contributed by atoms with E-state index in [1.165, 1.54) is 6.21 Å². The van der Waals surface area contributed by atoms with Gasteiger partial charge in [-0.15, -0.1) is 0 Å². The molecular formula is C22H33N5. The van der Waals surface area contributed by atoms with Crippen LogP contribution >= 0.6 is 0 Å². The van der Waals surface area contributed by atoms with Crippen molar-refractivity contribution in [3.05, 3.63) is 47.0 Å². The van der Waals surface area contributed by atoms with Gasteiger partial charge in [0.15, 0.2) is 0 Å².